The van der Waals surface area contributed by atoms with Gasteiger partial charge in [-0.25, -0.2) is 0 Å². The molecule has 17 heavy (non-hydrogen) atoms. The summed E-state index contributed by atoms with van der Waals surface area (Å²) in [6, 6.07) is 1.06. The van der Waals surface area contributed by atoms with Gasteiger partial charge in [-0.15, -0.1) is 0 Å². The van der Waals surface area contributed by atoms with Crippen LogP contribution in [0.4, 0.5) is 13.2 Å². The molecule has 0 aliphatic carbocycles. The Morgan fingerprint density at radius 3 is 1.65 bits per heavy atom. The van der Waals surface area contributed by atoms with Crippen LogP contribution in [0.25, 0.3) is 0 Å². The van der Waals surface area contributed by atoms with Crippen molar-refractivity contribution in [2.75, 3.05) is 4.93 Å². The summed E-state index contributed by atoms with van der Waals surface area (Å²) in [4.78, 5) is 5.40. The Bertz CT molecular complexity index is 262. The number of rotatable bonds is 0. The van der Waals surface area contributed by atoms with Gasteiger partial charge >= 0.3 is 6.18 Å². The molecule has 0 atom stereocenters. The largest absolute Gasteiger partial charge is 0.417 e. The van der Waals surface area contributed by atoms with E-state index in [0.29, 0.717) is 5.56 Å². The first-order valence-corrected chi connectivity index (χ1v) is 7.52. The molecule has 0 N–H and O–H groups in total. The van der Waals surface area contributed by atoms with E-state index in [2.05, 4.69) is 27.6 Å². The summed E-state index contributed by atoms with van der Waals surface area (Å²) in [5.74, 6) is 0. The van der Waals surface area contributed by atoms with Crippen LogP contribution in [0.5, 0.6) is 0 Å². The van der Waals surface area contributed by atoms with Crippen LogP contribution in [-0.4, -0.2) is 9.91 Å². The molecule has 0 amide bonds. The molecule has 1 aromatic rings. The van der Waals surface area contributed by atoms with Gasteiger partial charge in [0.1, 0.15) is 0 Å². The molecule has 102 valence electrons. The third kappa shape index (κ3) is 11.9. The third-order valence-corrected chi connectivity index (χ3v) is 1.20. The Balaban J connectivity index is -0.000000285. The van der Waals surface area contributed by atoms with E-state index in [1.165, 1.54) is 6.20 Å². The second-order valence-corrected chi connectivity index (χ2v) is 2.25. The maximum atomic E-state index is 11.9. The molecular weight excluding hydrogens is 342 g/mol. The standard InChI is InChI=1S/C7H6F3N.2C2H6.CH3I/c1-5-2-6(4-11-3-5)7(8,9)10;3*1-2/h2-4H,1H3;2*1-2H3;1H3. The van der Waals surface area contributed by atoms with Gasteiger partial charge in [-0.05, 0) is 23.5 Å². The Morgan fingerprint density at radius 1 is 1.00 bits per heavy atom. The summed E-state index contributed by atoms with van der Waals surface area (Å²) < 4.78 is 35.8. The van der Waals surface area contributed by atoms with Crippen molar-refractivity contribution in [1.82, 2.24) is 4.98 Å². The zero-order valence-electron chi connectivity index (χ0n) is 11.2. The van der Waals surface area contributed by atoms with E-state index >= 15 is 0 Å². The lowest BCUT2D eigenvalue weighted by molar-refractivity contribution is -0.137. The van der Waals surface area contributed by atoms with Gasteiger partial charge in [0, 0.05) is 12.4 Å². The van der Waals surface area contributed by atoms with Crippen molar-refractivity contribution in [3.05, 3.63) is 29.6 Å². The lowest BCUT2D eigenvalue weighted by atomic mass is 10.2. The zero-order valence-corrected chi connectivity index (χ0v) is 13.3. The SMILES string of the molecule is CC.CC.CI.Cc1cncc(C(F)(F)F)c1. The van der Waals surface area contributed by atoms with Crippen LogP contribution in [0.2, 0.25) is 0 Å². The smallest absolute Gasteiger partial charge is 0.264 e. The summed E-state index contributed by atoms with van der Waals surface area (Å²) >= 11 is 2.15. The highest BCUT2D eigenvalue weighted by Crippen LogP contribution is 2.28. The number of aromatic nitrogens is 1. The van der Waals surface area contributed by atoms with Crippen molar-refractivity contribution in [1.29, 1.82) is 0 Å². The number of nitrogens with zero attached hydrogens (tertiary/aromatic N) is 1. The van der Waals surface area contributed by atoms with E-state index < -0.39 is 11.7 Å². The van der Waals surface area contributed by atoms with E-state index in [0.717, 1.165) is 12.3 Å². The molecule has 0 fully saturated rings. The van der Waals surface area contributed by atoms with Crippen molar-refractivity contribution >= 4 is 22.6 Å². The lowest BCUT2D eigenvalue weighted by Crippen LogP contribution is -2.05. The number of halogens is 4. The molecule has 0 aliphatic heterocycles. The minimum atomic E-state index is -4.28. The molecule has 1 aromatic heterocycles. The lowest BCUT2D eigenvalue weighted by Gasteiger charge is -2.05. The summed E-state index contributed by atoms with van der Waals surface area (Å²) in [6.07, 6.45) is -2.08. The van der Waals surface area contributed by atoms with E-state index in [-0.39, 0.29) is 0 Å². The van der Waals surface area contributed by atoms with E-state index in [4.69, 9.17) is 0 Å². The quantitative estimate of drug-likeness (QED) is 0.437. The average Bonchev–Trinajstić information content (AvgIpc) is 2.36. The van der Waals surface area contributed by atoms with Gasteiger partial charge in [0.25, 0.3) is 0 Å². The number of pyridine rings is 1. The predicted molar refractivity (Wildman–Crippen MR) is 76.6 cm³/mol. The van der Waals surface area contributed by atoms with Gasteiger partial charge in [-0.2, -0.15) is 13.2 Å². The summed E-state index contributed by atoms with van der Waals surface area (Å²) in [6.45, 7) is 9.57. The summed E-state index contributed by atoms with van der Waals surface area (Å²) in [7, 11) is 0. The second kappa shape index (κ2) is 13.7. The molecule has 0 aromatic carbocycles. The first-order valence-electron chi connectivity index (χ1n) is 5.37. The number of aryl methyl sites for hydroxylation is 1. The minimum absolute atomic E-state index is 0.514. The van der Waals surface area contributed by atoms with Crippen LogP contribution in [0, 0.1) is 6.92 Å². The molecule has 0 saturated carbocycles. The maximum Gasteiger partial charge on any atom is 0.417 e. The normalized spacial score (nSPS) is 8.59. The Labute approximate surface area is 116 Å². The first-order chi connectivity index (χ1) is 8.00. The summed E-state index contributed by atoms with van der Waals surface area (Å²) in [5, 5.41) is 0. The molecule has 0 bridgehead atoms. The van der Waals surface area contributed by atoms with Crippen LogP contribution in [-0.2, 0) is 6.18 Å². The molecular formula is C12H21F3IN. The van der Waals surface area contributed by atoms with Crippen molar-refractivity contribution in [3.63, 3.8) is 0 Å². The van der Waals surface area contributed by atoms with Gasteiger partial charge in [0.15, 0.2) is 0 Å². The van der Waals surface area contributed by atoms with Gasteiger partial charge in [-0.1, -0.05) is 50.3 Å². The van der Waals surface area contributed by atoms with Crippen LogP contribution in [0.3, 0.4) is 0 Å². The third-order valence-electron chi connectivity index (χ3n) is 1.20. The molecule has 1 heterocycles. The van der Waals surface area contributed by atoms with E-state index in [1.807, 2.05) is 32.6 Å². The second-order valence-electron chi connectivity index (χ2n) is 2.25. The molecule has 1 rings (SSSR count). The van der Waals surface area contributed by atoms with E-state index in [9.17, 15) is 13.2 Å². The van der Waals surface area contributed by atoms with Crippen LogP contribution < -0.4 is 0 Å². The zero-order chi connectivity index (χ0) is 14.5. The highest BCUT2D eigenvalue weighted by molar-refractivity contribution is 14.1. The van der Waals surface area contributed by atoms with Crippen molar-refractivity contribution in [2.45, 2.75) is 40.8 Å². The summed E-state index contributed by atoms with van der Waals surface area (Å²) in [5.41, 5.74) is -0.183. The Kier molecular flexibility index (Phi) is 17.7. The Morgan fingerprint density at radius 2 is 1.41 bits per heavy atom. The topological polar surface area (TPSA) is 12.9 Å². The molecule has 0 unspecified atom stereocenters. The molecule has 0 aliphatic rings. The van der Waals surface area contributed by atoms with Crippen LogP contribution in [0.1, 0.15) is 38.8 Å². The fourth-order valence-corrected chi connectivity index (χ4v) is 0.710. The highest BCUT2D eigenvalue weighted by Gasteiger charge is 2.30. The first kappa shape index (κ1) is 21.9. The number of hydrogen-bond acceptors (Lipinski definition) is 1. The van der Waals surface area contributed by atoms with E-state index in [1.54, 1.807) is 6.92 Å². The Hall–Kier alpha value is -0.330. The highest BCUT2D eigenvalue weighted by atomic mass is 127. The van der Waals surface area contributed by atoms with Crippen molar-refractivity contribution in [3.8, 4) is 0 Å². The van der Waals surface area contributed by atoms with Crippen LogP contribution >= 0.6 is 22.6 Å². The van der Waals surface area contributed by atoms with Gasteiger partial charge in [0.2, 0.25) is 0 Å². The molecule has 0 saturated heterocycles. The van der Waals surface area contributed by atoms with Crippen molar-refractivity contribution in [2.24, 2.45) is 0 Å². The fraction of sp³-hybridized carbons (Fsp3) is 0.583. The van der Waals surface area contributed by atoms with Gasteiger partial charge in [-0.3, -0.25) is 4.98 Å². The monoisotopic (exact) mass is 363 g/mol. The molecule has 5 heteroatoms. The predicted octanol–water partition coefficient (Wildman–Crippen LogP) is 5.51. The average molecular weight is 363 g/mol. The maximum absolute atomic E-state index is 11.9. The molecule has 0 spiro atoms. The number of alkyl halides is 4. The van der Waals surface area contributed by atoms with Gasteiger partial charge < -0.3 is 0 Å². The minimum Gasteiger partial charge on any atom is -0.264 e. The molecule has 0 radical (unpaired) electrons. The van der Waals surface area contributed by atoms with Crippen molar-refractivity contribution < 1.29 is 13.2 Å². The van der Waals surface area contributed by atoms with Gasteiger partial charge in [0.05, 0.1) is 5.56 Å². The molecule has 1 nitrogen and oxygen atoms in total. The number of hydrogen-bond donors (Lipinski definition) is 0. The van der Waals surface area contributed by atoms with Crippen LogP contribution in [0.15, 0.2) is 18.5 Å². The fourth-order valence-electron chi connectivity index (χ4n) is 0.710.